The first-order valence-electron chi connectivity index (χ1n) is 9.22. The van der Waals surface area contributed by atoms with Crippen LogP contribution in [0.25, 0.3) is 11.4 Å². The molecule has 1 unspecified atom stereocenters. The molecule has 2 N–H and O–H groups in total. The smallest absolute Gasteiger partial charge is 0.253 e. The summed E-state index contributed by atoms with van der Waals surface area (Å²) in [5, 5.41) is 4.55. The number of aromatic nitrogens is 3. The molecule has 1 aromatic heterocycles. The largest absolute Gasteiger partial charge is 0.369 e. The van der Waals surface area contributed by atoms with Gasteiger partial charge in [0.15, 0.2) is 5.82 Å². The zero-order chi connectivity index (χ0) is 19.6. The van der Waals surface area contributed by atoms with E-state index < -0.39 is 0 Å². The van der Waals surface area contributed by atoms with Crippen LogP contribution in [-0.4, -0.2) is 58.7 Å². The number of aryl methyl sites for hydroxylation is 1. The van der Waals surface area contributed by atoms with Gasteiger partial charge in [-0.1, -0.05) is 12.1 Å². The lowest BCUT2D eigenvalue weighted by molar-refractivity contribution is -0.123. The van der Waals surface area contributed by atoms with Crippen LogP contribution in [0.15, 0.2) is 24.3 Å². The number of hydrogen-bond acceptors (Lipinski definition) is 5. The van der Waals surface area contributed by atoms with E-state index in [9.17, 15) is 9.59 Å². The van der Waals surface area contributed by atoms with Crippen molar-refractivity contribution in [3.05, 3.63) is 29.8 Å². The summed E-state index contributed by atoms with van der Waals surface area (Å²) >= 11 is 0. The Morgan fingerprint density at radius 2 is 2.11 bits per heavy atom. The van der Waals surface area contributed by atoms with Gasteiger partial charge in [0.1, 0.15) is 0 Å². The van der Waals surface area contributed by atoms with Gasteiger partial charge in [-0.15, -0.1) is 5.10 Å². The molecule has 2 aromatic rings. The number of nitrogens with two attached hydrogens (primary N) is 1. The number of hydrogen-bond donors (Lipinski definition) is 1. The van der Waals surface area contributed by atoms with Crippen LogP contribution >= 0.6 is 0 Å². The van der Waals surface area contributed by atoms with Crippen LogP contribution in [0.4, 0.5) is 5.95 Å². The summed E-state index contributed by atoms with van der Waals surface area (Å²) in [7, 11) is 3.84. The van der Waals surface area contributed by atoms with Crippen LogP contribution in [0.2, 0.25) is 0 Å². The van der Waals surface area contributed by atoms with E-state index in [1.54, 1.807) is 11.0 Å². The molecule has 27 heavy (non-hydrogen) atoms. The predicted octanol–water partition coefficient (Wildman–Crippen LogP) is 1.37. The van der Waals surface area contributed by atoms with Crippen LogP contribution in [0.3, 0.4) is 0 Å². The molecule has 1 saturated heterocycles. The second kappa shape index (κ2) is 7.77. The molecule has 0 bridgehead atoms. The number of nitrogens with zero attached hydrogens (tertiary/aromatic N) is 5. The Labute approximate surface area is 159 Å². The molecule has 144 valence electrons. The van der Waals surface area contributed by atoms with Gasteiger partial charge in [0, 0.05) is 44.9 Å². The third-order valence-electron chi connectivity index (χ3n) is 4.83. The lowest BCUT2D eigenvalue weighted by Gasteiger charge is -2.31. The molecule has 0 spiro atoms. The average molecular weight is 370 g/mol. The third-order valence-corrected chi connectivity index (χ3v) is 4.83. The van der Waals surface area contributed by atoms with Crippen molar-refractivity contribution in [1.29, 1.82) is 0 Å². The molecule has 0 aliphatic carbocycles. The highest BCUT2D eigenvalue weighted by molar-refractivity contribution is 5.95. The molecule has 8 nitrogen and oxygen atoms in total. The Hall–Kier alpha value is -2.90. The molecular formula is C19H26N6O2. The second-order valence-corrected chi connectivity index (χ2v) is 7.02. The van der Waals surface area contributed by atoms with Gasteiger partial charge in [-0.2, -0.15) is 4.98 Å². The molecule has 2 amide bonds. The van der Waals surface area contributed by atoms with Crippen molar-refractivity contribution in [2.24, 2.45) is 11.7 Å². The molecule has 2 heterocycles. The lowest BCUT2D eigenvalue weighted by atomic mass is 9.96. The number of rotatable bonds is 5. The SMILES string of the molecule is CCn1nc(-c2cccc(C(=O)N3CCCC(C(N)=O)C3)c2)nc1N(C)C. The minimum atomic E-state index is -0.341. The summed E-state index contributed by atoms with van der Waals surface area (Å²) in [5.41, 5.74) is 6.78. The van der Waals surface area contributed by atoms with Gasteiger partial charge in [0.05, 0.1) is 5.92 Å². The topological polar surface area (TPSA) is 97.3 Å². The van der Waals surface area contributed by atoms with E-state index in [2.05, 4.69) is 10.1 Å². The molecular weight excluding hydrogens is 344 g/mol. The maximum Gasteiger partial charge on any atom is 0.253 e. The lowest BCUT2D eigenvalue weighted by Crippen LogP contribution is -2.44. The van der Waals surface area contributed by atoms with Gasteiger partial charge in [0.25, 0.3) is 5.91 Å². The average Bonchev–Trinajstić information content (AvgIpc) is 3.12. The molecule has 1 aliphatic heterocycles. The zero-order valence-corrected chi connectivity index (χ0v) is 16.1. The number of likely N-dealkylation sites (tertiary alicyclic amines) is 1. The Bertz CT molecular complexity index is 844. The van der Waals surface area contributed by atoms with E-state index >= 15 is 0 Å². The van der Waals surface area contributed by atoms with Crippen molar-refractivity contribution in [2.45, 2.75) is 26.3 Å². The van der Waals surface area contributed by atoms with Gasteiger partial charge in [0.2, 0.25) is 11.9 Å². The minimum absolute atomic E-state index is 0.0921. The van der Waals surface area contributed by atoms with Crippen LogP contribution in [0.5, 0.6) is 0 Å². The maximum absolute atomic E-state index is 12.9. The Balaban J connectivity index is 1.85. The zero-order valence-electron chi connectivity index (χ0n) is 16.1. The number of amides is 2. The Kier molecular flexibility index (Phi) is 5.43. The summed E-state index contributed by atoms with van der Waals surface area (Å²) in [4.78, 5) is 32.6. The van der Waals surface area contributed by atoms with Crippen LogP contribution in [0, 0.1) is 5.92 Å². The van der Waals surface area contributed by atoms with Crippen LogP contribution in [-0.2, 0) is 11.3 Å². The Morgan fingerprint density at radius 3 is 2.74 bits per heavy atom. The van der Waals surface area contributed by atoms with Crippen LogP contribution in [0.1, 0.15) is 30.1 Å². The van der Waals surface area contributed by atoms with E-state index in [-0.39, 0.29) is 17.7 Å². The van der Waals surface area contributed by atoms with Gasteiger partial charge < -0.3 is 15.5 Å². The standard InChI is InChI=1S/C19H26N6O2/c1-4-25-19(23(2)3)21-17(22-25)13-7-5-8-14(11-13)18(27)24-10-6-9-15(12-24)16(20)26/h5,7-8,11,15H,4,6,9-10,12H2,1-3H3,(H2,20,26). The highest BCUT2D eigenvalue weighted by Gasteiger charge is 2.27. The number of anilines is 1. The highest BCUT2D eigenvalue weighted by Crippen LogP contribution is 2.23. The first kappa shape index (κ1) is 18.9. The molecule has 1 aliphatic rings. The van der Waals surface area contributed by atoms with Crippen LogP contribution < -0.4 is 10.6 Å². The molecule has 1 atom stereocenters. The van der Waals surface area contributed by atoms with E-state index in [0.29, 0.717) is 31.0 Å². The summed E-state index contributed by atoms with van der Waals surface area (Å²) in [6.45, 7) is 3.74. The molecule has 1 fully saturated rings. The van der Waals surface area contributed by atoms with E-state index in [1.165, 1.54) is 0 Å². The summed E-state index contributed by atoms with van der Waals surface area (Å²) in [6.07, 6.45) is 1.53. The van der Waals surface area contributed by atoms with Crippen molar-refractivity contribution in [3.8, 4) is 11.4 Å². The maximum atomic E-state index is 12.9. The third kappa shape index (κ3) is 3.94. The van der Waals surface area contributed by atoms with Crippen molar-refractivity contribution in [3.63, 3.8) is 0 Å². The van der Waals surface area contributed by atoms with Crippen molar-refractivity contribution in [1.82, 2.24) is 19.7 Å². The van der Waals surface area contributed by atoms with E-state index in [1.807, 2.05) is 48.8 Å². The highest BCUT2D eigenvalue weighted by atomic mass is 16.2. The molecule has 1 aromatic carbocycles. The number of benzene rings is 1. The first-order chi connectivity index (χ1) is 12.9. The monoisotopic (exact) mass is 370 g/mol. The number of primary amides is 1. The molecule has 3 rings (SSSR count). The minimum Gasteiger partial charge on any atom is -0.369 e. The fourth-order valence-corrected chi connectivity index (χ4v) is 3.37. The fourth-order valence-electron chi connectivity index (χ4n) is 3.37. The van der Waals surface area contributed by atoms with Crippen molar-refractivity contribution in [2.75, 3.05) is 32.1 Å². The summed E-state index contributed by atoms with van der Waals surface area (Å²) < 4.78 is 1.83. The van der Waals surface area contributed by atoms with Gasteiger partial charge >= 0.3 is 0 Å². The number of carbonyl (C=O) groups is 2. The molecule has 8 heteroatoms. The quantitative estimate of drug-likeness (QED) is 0.857. The molecule has 0 radical (unpaired) electrons. The first-order valence-corrected chi connectivity index (χ1v) is 9.22. The van der Waals surface area contributed by atoms with E-state index in [0.717, 1.165) is 24.4 Å². The predicted molar refractivity (Wildman–Crippen MR) is 103 cm³/mol. The van der Waals surface area contributed by atoms with E-state index in [4.69, 9.17) is 5.73 Å². The molecule has 0 saturated carbocycles. The summed E-state index contributed by atoms with van der Waals surface area (Å²) in [6, 6.07) is 7.32. The Morgan fingerprint density at radius 1 is 1.33 bits per heavy atom. The van der Waals surface area contributed by atoms with Crippen molar-refractivity contribution >= 4 is 17.8 Å². The summed E-state index contributed by atoms with van der Waals surface area (Å²) in [5.74, 6) is 0.654. The van der Waals surface area contributed by atoms with Gasteiger partial charge in [-0.05, 0) is 31.9 Å². The number of carbonyl (C=O) groups excluding carboxylic acids is 2. The van der Waals surface area contributed by atoms with Gasteiger partial charge in [-0.25, -0.2) is 4.68 Å². The fraction of sp³-hybridized carbons (Fsp3) is 0.474. The van der Waals surface area contributed by atoms with Gasteiger partial charge in [-0.3, -0.25) is 9.59 Å². The number of piperidine rings is 1. The second-order valence-electron chi connectivity index (χ2n) is 7.02. The van der Waals surface area contributed by atoms with Crippen molar-refractivity contribution < 1.29 is 9.59 Å². The normalized spacial score (nSPS) is 17.0.